The van der Waals surface area contributed by atoms with Crippen LogP contribution in [0.25, 0.3) is 16.5 Å². The van der Waals surface area contributed by atoms with Crippen molar-refractivity contribution in [2.45, 2.75) is 19.9 Å². The number of aliphatic hydroxyl groups is 1. The Bertz CT molecular complexity index is 1310. The summed E-state index contributed by atoms with van der Waals surface area (Å²) >= 11 is 0. The van der Waals surface area contributed by atoms with Crippen LogP contribution in [0.3, 0.4) is 0 Å². The van der Waals surface area contributed by atoms with Gasteiger partial charge in [-0.2, -0.15) is 0 Å². The smallest absolute Gasteiger partial charge is 0.295 e. The number of fused-ring (bicyclic) bond motifs is 1. The Labute approximate surface area is 211 Å². The molecular weight excluding hydrogens is 456 g/mol. The predicted molar refractivity (Wildman–Crippen MR) is 140 cm³/mol. The highest BCUT2D eigenvalue weighted by molar-refractivity contribution is 6.46. The van der Waals surface area contributed by atoms with Gasteiger partial charge in [-0.25, -0.2) is 0 Å². The zero-order valence-corrected chi connectivity index (χ0v) is 21.2. The normalized spacial score (nSPS) is 17.2. The van der Waals surface area contributed by atoms with E-state index in [-0.39, 0.29) is 11.3 Å². The SMILES string of the molecule is CCOc1ccc(/C(O)=C2\C(=O)C(=O)N(CCN(C)C)C2c2cccc3ccccc23)c(OCC)c1. The summed E-state index contributed by atoms with van der Waals surface area (Å²) in [7, 11) is 3.83. The minimum Gasteiger partial charge on any atom is -0.507 e. The number of rotatable bonds is 9. The number of aliphatic hydroxyl groups excluding tert-OH is 1. The summed E-state index contributed by atoms with van der Waals surface area (Å²) in [6, 6.07) is 18.0. The van der Waals surface area contributed by atoms with Crippen molar-refractivity contribution in [3.63, 3.8) is 0 Å². The van der Waals surface area contributed by atoms with Crippen LogP contribution in [0, 0.1) is 0 Å². The highest BCUT2D eigenvalue weighted by atomic mass is 16.5. The first kappa shape index (κ1) is 25.3. The Morgan fingerprint density at radius 1 is 0.972 bits per heavy atom. The van der Waals surface area contributed by atoms with E-state index in [1.807, 2.05) is 75.3 Å². The van der Waals surface area contributed by atoms with Gasteiger partial charge in [0.05, 0.1) is 30.4 Å². The molecule has 0 aromatic heterocycles. The first-order chi connectivity index (χ1) is 17.4. The van der Waals surface area contributed by atoms with Crippen molar-refractivity contribution in [3.8, 4) is 11.5 Å². The van der Waals surface area contributed by atoms with Crippen LogP contribution in [-0.4, -0.2) is 67.0 Å². The quantitative estimate of drug-likeness (QED) is 0.269. The number of benzene rings is 3. The molecule has 1 atom stereocenters. The van der Waals surface area contributed by atoms with E-state index in [9.17, 15) is 14.7 Å². The van der Waals surface area contributed by atoms with Gasteiger partial charge in [0.1, 0.15) is 17.3 Å². The topological polar surface area (TPSA) is 79.3 Å². The van der Waals surface area contributed by atoms with Crippen molar-refractivity contribution in [3.05, 3.63) is 77.4 Å². The maximum absolute atomic E-state index is 13.4. The second-order valence-corrected chi connectivity index (χ2v) is 8.89. The maximum Gasteiger partial charge on any atom is 0.295 e. The molecule has 1 unspecified atom stereocenters. The molecule has 1 aliphatic heterocycles. The summed E-state index contributed by atoms with van der Waals surface area (Å²) in [4.78, 5) is 30.3. The molecule has 0 aliphatic carbocycles. The summed E-state index contributed by atoms with van der Waals surface area (Å²) in [5, 5.41) is 13.5. The lowest BCUT2D eigenvalue weighted by atomic mass is 9.91. The van der Waals surface area contributed by atoms with Crippen molar-refractivity contribution in [1.82, 2.24) is 9.80 Å². The van der Waals surface area contributed by atoms with Crippen LogP contribution in [0.1, 0.15) is 31.0 Å². The molecule has 1 saturated heterocycles. The molecule has 7 nitrogen and oxygen atoms in total. The van der Waals surface area contributed by atoms with Crippen molar-refractivity contribution in [2.24, 2.45) is 0 Å². The van der Waals surface area contributed by atoms with E-state index in [4.69, 9.17) is 9.47 Å². The Morgan fingerprint density at radius 2 is 1.69 bits per heavy atom. The average molecular weight is 489 g/mol. The second kappa shape index (κ2) is 10.8. The molecular formula is C29H32N2O5. The number of ether oxygens (including phenoxy) is 2. The minimum absolute atomic E-state index is 0.0558. The fourth-order valence-corrected chi connectivity index (χ4v) is 4.61. The zero-order valence-electron chi connectivity index (χ0n) is 21.2. The molecule has 0 spiro atoms. The number of ketones is 1. The number of hydrogen-bond donors (Lipinski definition) is 1. The number of carbonyl (C=O) groups is 2. The first-order valence-corrected chi connectivity index (χ1v) is 12.2. The van der Waals surface area contributed by atoms with Crippen LogP contribution >= 0.6 is 0 Å². The molecule has 1 amide bonds. The highest BCUT2D eigenvalue weighted by Gasteiger charge is 2.46. The number of hydrogen-bond acceptors (Lipinski definition) is 6. The maximum atomic E-state index is 13.4. The molecule has 7 heteroatoms. The van der Waals surface area contributed by atoms with Gasteiger partial charge in [-0.05, 0) is 56.4 Å². The van der Waals surface area contributed by atoms with Crippen LogP contribution in [-0.2, 0) is 9.59 Å². The molecule has 1 heterocycles. The summed E-state index contributed by atoms with van der Waals surface area (Å²) in [6.07, 6.45) is 0. The van der Waals surface area contributed by atoms with E-state index in [1.165, 1.54) is 0 Å². The Hall–Kier alpha value is -3.84. The third kappa shape index (κ3) is 4.79. The monoisotopic (exact) mass is 488 g/mol. The van der Waals surface area contributed by atoms with Crippen LogP contribution < -0.4 is 9.47 Å². The van der Waals surface area contributed by atoms with Crippen LogP contribution in [0.2, 0.25) is 0 Å². The summed E-state index contributed by atoms with van der Waals surface area (Å²) in [5.74, 6) is -0.613. The molecule has 1 fully saturated rings. The average Bonchev–Trinajstić information content (AvgIpc) is 3.12. The fraction of sp³-hybridized carbons (Fsp3) is 0.310. The molecule has 3 aromatic carbocycles. The van der Waals surface area contributed by atoms with Crippen molar-refractivity contribution >= 4 is 28.2 Å². The van der Waals surface area contributed by atoms with Gasteiger partial charge in [0.2, 0.25) is 0 Å². The largest absolute Gasteiger partial charge is 0.507 e. The fourth-order valence-electron chi connectivity index (χ4n) is 4.61. The van der Waals surface area contributed by atoms with Crippen LogP contribution in [0.4, 0.5) is 0 Å². The van der Waals surface area contributed by atoms with E-state index < -0.39 is 17.7 Å². The number of likely N-dealkylation sites (N-methyl/N-ethyl adjacent to an activating group) is 1. The standard InChI is InChI=1S/C29H32N2O5/c1-5-35-20-14-15-23(24(18-20)36-6-2)27(32)25-26(31(17-16-30(3)4)29(34)28(25)33)22-13-9-11-19-10-7-8-12-21(19)22/h7-15,18,26,32H,5-6,16-17H2,1-4H3/b27-25+. The molecule has 0 radical (unpaired) electrons. The number of Topliss-reactive ketones (excluding diaryl/α,β-unsaturated/α-hetero) is 1. The Morgan fingerprint density at radius 3 is 2.42 bits per heavy atom. The Balaban J connectivity index is 1.94. The summed E-state index contributed by atoms with van der Waals surface area (Å²) in [6.45, 7) is 5.47. The lowest BCUT2D eigenvalue weighted by molar-refractivity contribution is -0.140. The van der Waals surface area contributed by atoms with Crippen molar-refractivity contribution in [1.29, 1.82) is 0 Å². The zero-order chi connectivity index (χ0) is 25.8. The molecule has 0 saturated carbocycles. The lowest BCUT2D eigenvalue weighted by Gasteiger charge is -2.27. The molecule has 3 aromatic rings. The van der Waals surface area contributed by atoms with Gasteiger partial charge in [-0.15, -0.1) is 0 Å². The molecule has 36 heavy (non-hydrogen) atoms. The van der Waals surface area contributed by atoms with E-state index in [0.29, 0.717) is 43.4 Å². The second-order valence-electron chi connectivity index (χ2n) is 8.89. The molecule has 1 aliphatic rings. The lowest BCUT2D eigenvalue weighted by Crippen LogP contribution is -2.35. The molecule has 188 valence electrons. The van der Waals surface area contributed by atoms with E-state index in [1.54, 1.807) is 23.1 Å². The molecule has 4 rings (SSSR count). The first-order valence-electron chi connectivity index (χ1n) is 12.2. The predicted octanol–water partition coefficient (Wildman–Crippen LogP) is 4.62. The van der Waals surface area contributed by atoms with E-state index >= 15 is 0 Å². The minimum atomic E-state index is -0.739. The number of amides is 1. The van der Waals surface area contributed by atoms with Gasteiger partial charge in [0.25, 0.3) is 11.7 Å². The van der Waals surface area contributed by atoms with E-state index in [2.05, 4.69) is 0 Å². The number of carbonyl (C=O) groups excluding carboxylic acids is 2. The third-order valence-corrected chi connectivity index (χ3v) is 6.27. The van der Waals surface area contributed by atoms with Gasteiger partial charge in [-0.3, -0.25) is 9.59 Å². The Kier molecular flexibility index (Phi) is 7.60. The van der Waals surface area contributed by atoms with Crippen molar-refractivity contribution in [2.75, 3.05) is 40.4 Å². The van der Waals surface area contributed by atoms with Gasteiger partial charge in [0.15, 0.2) is 0 Å². The van der Waals surface area contributed by atoms with Crippen LogP contribution in [0.5, 0.6) is 11.5 Å². The summed E-state index contributed by atoms with van der Waals surface area (Å²) < 4.78 is 11.4. The van der Waals surface area contributed by atoms with Crippen LogP contribution in [0.15, 0.2) is 66.2 Å². The number of likely N-dealkylation sites (tertiary alicyclic amines) is 1. The van der Waals surface area contributed by atoms with Gasteiger partial charge >= 0.3 is 0 Å². The highest BCUT2D eigenvalue weighted by Crippen LogP contribution is 2.43. The van der Waals surface area contributed by atoms with E-state index in [0.717, 1.165) is 16.3 Å². The van der Waals surface area contributed by atoms with Gasteiger partial charge in [-0.1, -0.05) is 42.5 Å². The summed E-state index contributed by atoms with van der Waals surface area (Å²) in [5.41, 5.74) is 1.19. The third-order valence-electron chi connectivity index (χ3n) is 6.27. The van der Waals surface area contributed by atoms with Gasteiger partial charge in [0, 0.05) is 19.2 Å². The van der Waals surface area contributed by atoms with Gasteiger partial charge < -0.3 is 24.4 Å². The molecule has 0 bridgehead atoms. The molecule has 1 N–H and O–H groups in total. The number of nitrogens with zero attached hydrogens (tertiary/aromatic N) is 2. The van der Waals surface area contributed by atoms with Crippen molar-refractivity contribution < 1.29 is 24.2 Å².